The minimum absolute atomic E-state index is 0.0362. The molecule has 2 N–H and O–H groups in total. The van der Waals surface area contributed by atoms with E-state index in [-0.39, 0.29) is 29.5 Å². The molecule has 2 atom stereocenters. The van der Waals surface area contributed by atoms with Gasteiger partial charge in [-0.05, 0) is 52.4 Å². The molecule has 1 aliphatic carbocycles. The van der Waals surface area contributed by atoms with E-state index in [0.29, 0.717) is 58.2 Å². The van der Waals surface area contributed by atoms with Gasteiger partial charge in [0.1, 0.15) is 29.6 Å². The number of hydrogen-bond donors (Lipinski definition) is 2. The second-order valence-corrected chi connectivity index (χ2v) is 12.1. The Labute approximate surface area is 252 Å². The Bertz CT molecular complexity index is 1090. The predicted octanol–water partition coefficient (Wildman–Crippen LogP) is 5.07. The second-order valence-electron chi connectivity index (χ2n) is 12.1. The van der Waals surface area contributed by atoms with Crippen molar-refractivity contribution in [3.05, 3.63) is 29.3 Å². The predicted molar refractivity (Wildman–Crippen MR) is 155 cm³/mol. The van der Waals surface area contributed by atoms with Gasteiger partial charge in [-0.1, -0.05) is 13.8 Å². The van der Waals surface area contributed by atoms with E-state index in [0.717, 1.165) is 31.4 Å². The zero-order chi connectivity index (χ0) is 31.7. The van der Waals surface area contributed by atoms with Crippen LogP contribution in [0.15, 0.2) is 12.1 Å². The Hall–Kier alpha value is -3.35. The first-order chi connectivity index (χ1) is 20.3. The molecule has 0 unspecified atom stereocenters. The number of benzene rings is 1. The number of hydrogen-bond acceptors (Lipinski definition) is 7. The Morgan fingerprint density at radius 3 is 2.19 bits per heavy atom. The molecule has 242 valence electrons. The fraction of sp³-hybridized carbons (Fsp3) is 0.700. The van der Waals surface area contributed by atoms with Gasteiger partial charge in [-0.15, -0.1) is 0 Å². The van der Waals surface area contributed by atoms with Gasteiger partial charge in [0.2, 0.25) is 0 Å². The lowest BCUT2D eigenvalue weighted by molar-refractivity contribution is 0.00500. The summed E-state index contributed by atoms with van der Waals surface area (Å²) >= 11 is 0. The number of halogens is 2. The Balaban J connectivity index is 0.000000250. The minimum atomic E-state index is -0.925. The van der Waals surface area contributed by atoms with E-state index in [2.05, 4.69) is 5.32 Å². The molecule has 1 aromatic rings. The van der Waals surface area contributed by atoms with Gasteiger partial charge in [-0.25, -0.2) is 23.2 Å². The van der Waals surface area contributed by atoms with E-state index in [4.69, 9.17) is 19.3 Å². The zero-order valence-electron chi connectivity index (χ0n) is 25.9. The number of carbonyl (C=O) groups is 3. The summed E-state index contributed by atoms with van der Waals surface area (Å²) in [5, 5.41) is 12.3. The number of carbonyl (C=O) groups excluding carboxylic acids is 2. The maximum atomic E-state index is 14.2. The topological polar surface area (TPSA) is 121 Å². The number of carboxylic acid groups (broad SMARTS) is 1. The van der Waals surface area contributed by atoms with Gasteiger partial charge in [-0.2, -0.15) is 0 Å². The van der Waals surface area contributed by atoms with Crippen LogP contribution in [0.5, 0.6) is 5.75 Å². The normalized spacial score (nSPS) is 20.6. The molecule has 43 heavy (non-hydrogen) atoms. The van der Waals surface area contributed by atoms with Crippen molar-refractivity contribution in [2.45, 2.75) is 84.6 Å². The number of amides is 3. The summed E-state index contributed by atoms with van der Waals surface area (Å²) < 4.78 is 44.1. The highest BCUT2D eigenvalue weighted by Gasteiger charge is 2.33. The van der Waals surface area contributed by atoms with E-state index in [1.807, 2.05) is 34.6 Å². The van der Waals surface area contributed by atoms with Gasteiger partial charge in [0, 0.05) is 57.4 Å². The van der Waals surface area contributed by atoms with Gasteiger partial charge in [0.05, 0.1) is 18.2 Å². The van der Waals surface area contributed by atoms with Crippen LogP contribution in [0, 0.1) is 17.6 Å². The van der Waals surface area contributed by atoms with Crippen LogP contribution in [-0.2, 0) is 16.1 Å². The molecule has 0 bridgehead atoms. The van der Waals surface area contributed by atoms with E-state index in [1.54, 1.807) is 9.80 Å². The van der Waals surface area contributed by atoms with Crippen LogP contribution >= 0.6 is 0 Å². The largest absolute Gasteiger partial charge is 0.493 e. The third-order valence-electron chi connectivity index (χ3n) is 7.54. The molecule has 0 spiro atoms. The van der Waals surface area contributed by atoms with Gasteiger partial charge in [0.15, 0.2) is 0 Å². The third kappa shape index (κ3) is 10.4. The number of piperazine rings is 2. The van der Waals surface area contributed by atoms with Crippen molar-refractivity contribution in [3.63, 3.8) is 0 Å². The van der Waals surface area contributed by atoms with Crippen LogP contribution in [0.1, 0.15) is 65.9 Å². The highest BCUT2D eigenvalue weighted by Crippen LogP contribution is 2.30. The summed E-state index contributed by atoms with van der Waals surface area (Å²) in [6, 6.07) is 2.18. The SMILES string of the molecule is CC[C@@H]1CN(C(=O)OC(C)(C)C)CCN1C(=O)O.CC[C@@H]1CNCCN1C(=O)OCc1c(F)cc(OCC2CC2)cc1F. The lowest BCUT2D eigenvalue weighted by atomic mass is 10.1. The molecule has 13 heteroatoms. The van der Waals surface area contributed by atoms with Crippen molar-refractivity contribution in [3.8, 4) is 5.75 Å². The van der Waals surface area contributed by atoms with Crippen molar-refractivity contribution >= 4 is 18.3 Å². The molecule has 0 radical (unpaired) electrons. The highest BCUT2D eigenvalue weighted by atomic mass is 19.1. The summed E-state index contributed by atoms with van der Waals surface area (Å²) in [6.07, 6.45) is 1.84. The smallest absolute Gasteiger partial charge is 0.410 e. The molecule has 11 nitrogen and oxygen atoms in total. The average Bonchev–Trinajstić information content (AvgIpc) is 3.79. The molecule has 2 aliphatic heterocycles. The third-order valence-corrected chi connectivity index (χ3v) is 7.54. The lowest BCUT2D eigenvalue weighted by Crippen LogP contribution is -2.56. The fourth-order valence-electron chi connectivity index (χ4n) is 4.83. The van der Waals surface area contributed by atoms with E-state index in [1.165, 1.54) is 4.90 Å². The summed E-state index contributed by atoms with van der Waals surface area (Å²) in [5.74, 6) is -0.848. The molecule has 0 aromatic heterocycles. The molecule has 3 amide bonds. The first kappa shape index (κ1) is 34.1. The van der Waals surface area contributed by atoms with Crippen molar-refractivity contribution in [2.75, 3.05) is 45.9 Å². The van der Waals surface area contributed by atoms with E-state index >= 15 is 0 Å². The van der Waals surface area contributed by atoms with Crippen molar-refractivity contribution in [1.29, 1.82) is 0 Å². The van der Waals surface area contributed by atoms with E-state index in [9.17, 15) is 23.2 Å². The van der Waals surface area contributed by atoms with Crippen molar-refractivity contribution in [2.24, 2.45) is 5.92 Å². The maximum absolute atomic E-state index is 14.2. The molecule has 3 aliphatic rings. The van der Waals surface area contributed by atoms with Crippen LogP contribution in [0.4, 0.5) is 23.2 Å². The maximum Gasteiger partial charge on any atom is 0.410 e. The first-order valence-corrected chi connectivity index (χ1v) is 15.0. The van der Waals surface area contributed by atoms with Crippen LogP contribution in [0.2, 0.25) is 0 Å². The van der Waals surface area contributed by atoms with Crippen LogP contribution in [-0.4, -0.2) is 102 Å². The summed E-state index contributed by atoms with van der Waals surface area (Å²) in [5.41, 5.74) is -0.779. The van der Waals surface area contributed by atoms with Crippen LogP contribution in [0.3, 0.4) is 0 Å². The summed E-state index contributed by atoms with van der Waals surface area (Å²) in [4.78, 5) is 39.7. The van der Waals surface area contributed by atoms with Gasteiger partial charge >= 0.3 is 18.3 Å². The Kier molecular flexibility index (Phi) is 12.2. The van der Waals surface area contributed by atoms with Gasteiger partial charge in [-0.3, -0.25) is 0 Å². The molecule has 3 fully saturated rings. The van der Waals surface area contributed by atoms with Crippen molar-refractivity contribution in [1.82, 2.24) is 20.0 Å². The Morgan fingerprint density at radius 1 is 0.977 bits per heavy atom. The van der Waals surface area contributed by atoms with Gasteiger partial charge < -0.3 is 39.3 Å². The molecule has 1 saturated carbocycles. The quantitative estimate of drug-likeness (QED) is 0.438. The molecule has 2 saturated heterocycles. The summed E-state index contributed by atoms with van der Waals surface area (Å²) in [6.45, 7) is 12.4. The zero-order valence-corrected chi connectivity index (χ0v) is 25.9. The second kappa shape index (κ2) is 15.4. The highest BCUT2D eigenvalue weighted by molar-refractivity contribution is 5.70. The summed E-state index contributed by atoms with van der Waals surface area (Å²) in [7, 11) is 0. The first-order valence-electron chi connectivity index (χ1n) is 15.0. The number of nitrogens with zero attached hydrogens (tertiary/aromatic N) is 3. The molecule has 1 aromatic carbocycles. The number of nitrogens with one attached hydrogen (secondary N) is 1. The van der Waals surface area contributed by atoms with Gasteiger partial charge in [0.25, 0.3) is 0 Å². The van der Waals surface area contributed by atoms with Crippen LogP contribution < -0.4 is 10.1 Å². The average molecular weight is 613 g/mol. The number of rotatable bonds is 7. The number of ether oxygens (including phenoxy) is 3. The monoisotopic (exact) mass is 612 g/mol. The van der Waals surface area contributed by atoms with Crippen molar-refractivity contribution < 1.29 is 42.5 Å². The Morgan fingerprint density at radius 2 is 1.63 bits per heavy atom. The van der Waals surface area contributed by atoms with Crippen LogP contribution in [0.25, 0.3) is 0 Å². The molecule has 2 heterocycles. The molecular formula is C30H46F2N4O7. The van der Waals surface area contributed by atoms with E-state index < -0.39 is 36.0 Å². The lowest BCUT2D eigenvalue weighted by Gasteiger charge is -2.39. The minimum Gasteiger partial charge on any atom is -0.493 e. The fourth-order valence-corrected chi connectivity index (χ4v) is 4.83. The molecule has 4 rings (SSSR count). The standard InChI is InChI=1S/C18H24F2N2O3.C12H22N2O4/c1-2-13-9-21-5-6-22(13)18(23)25-11-15-16(19)7-14(8-17(15)20)24-10-12-3-4-12;1-5-9-8-13(6-7-14(9)10(15)16)11(17)18-12(2,3)4/h7-8,12-13,21H,2-6,9-11H2,1H3;9H,5-8H2,1-4H3,(H,15,16)/t13-;9-/m11/s1. The molecular weight excluding hydrogens is 566 g/mol.